The number of nitrogens with zero attached hydrogens (tertiary/aromatic N) is 1. The summed E-state index contributed by atoms with van der Waals surface area (Å²) in [5.41, 5.74) is -0.106. The van der Waals surface area contributed by atoms with Crippen molar-refractivity contribution in [3.63, 3.8) is 0 Å². The fraction of sp³-hybridized carbons (Fsp3) is 0.188. The molecule has 2 rings (SSSR count). The Morgan fingerprint density at radius 2 is 1.88 bits per heavy atom. The molecule has 0 saturated carbocycles. The Kier molecular flexibility index (Phi) is 6.52. The van der Waals surface area contributed by atoms with Gasteiger partial charge in [-0.05, 0) is 25.1 Å². The first-order chi connectivity index (χ1) is 12.2. The van der Waals surface area contributed by atoms with Gasteiger partial charge in [0.2, 0.25) is 0 Å². The number of halogens is 3. The highest BCUT2D eigenvalue weighted by atomic mass is 35.5. The van der Waals surface area contributed by atoms with E-state index in [2.05, 4.69) is 5.32 Å². The molecule has 0 aliphatic rings. The van der Waals surface area contributed by atoms with Crippen molar-refractivity contribution >= 4 is 52.1 Å². The fourth-order valence-corrected chi connectivity index (χ4v) is 3.07. The lowest BCUT2D eigenvalue weighted by atomic mass is 10.2. The number of hydrogen-bond acceptors (Lipinski definition) is 5. The number of carbonyl (C=O) groups is 1. The zero-order valence-electron chi connectivity index (χ0n) is 13.3. The average Bonchev–Trinajstić information content (AvgIpc) is 2.49. The van der Waals surface area contributed by atoms with Gasteiger partial charge in [0.15, 0.2) is 5.75 Å². The summed E-state index contributed by atoms with van der Waals surface area (Å²) in [5.74, 6) is -0.650. The maximum Gasteiger partial charge on any atom is 0.305 e. The van der Waals surface area contributed by atoms with Gasteiger partial charge in [-0.1, -0.05) is 34.8 Å². The predicted octanol–water partition coefficient (Wildman–Crippen LogP) is 5.62. The van der Waals surface area contributed by atoms with E-state index < -0.39 is 16.9 Å². The molecule has 2 aromatic carbocycles. The minimum absolute atomic E-state index is 0.113. The second-order valence-electron chi connectivity index (χ2n) is 5.38. The van der Waals surface area contributed by atoms with Crippen LogP contribution >= 0.6 is 34.8 Å². The Balaban J connectivity index is 2.35. The number of aliphatic carboxylic acids is 1. The normalized spacial score (nSPS) is 11.7. The number of nitro groups is 1. The summed E-state index contributed by atoms with van der Waals surface area (Å²) >= 11 is 18.0. The highest BCUT2D eigenvalue weighted by molar-refractivity contribution is 6.40. The first-order valence-electron chi connectivity index (χ1n) is 7.26. The van der Waals surface area contributed by atoms with Crippen LogP contribution in [0.5, 0.6) is 11.5 Å². The zero-order chi connectivity index (χ0) is 19.4. The van der Waals surface area contributed by atoms with Crippen LogP contribution in [-0.4, -0.2) is 22.0 Å². The van der Waals surface area contributed by atoms with Crippen LogP contribution in [0.4, 0.5) is 11.4 Å². The van der Waals surface area contributed by atoms with Gasteiger partial charge in [0.1, 0.15) is 11.4 Å². The number of carboxylic acids is 1. The summed E-state index contributed by atoms with van der Waals surface area (Å²) in [7, 11) is 0. The lowest BCUT2D eigenvalue weighted by molar-refractivity contribution is -0.384. The van der Waals surface area contributed by atoms with E-state index in [4.69, 9.17) is 44.6 Å². The van der Waals surface area contributed by atoms with Crippen molar-refractivity contribution in [3.05, 3.63) is 55.5 Å². The third kappa shape index (κ3) is 5.14. The van der Waals surface area contributed by atoms with Gasteiger partial charge >= 0.3 is 5.97 Å². The minimum atomic E-state index is -1.03. The van der Waals surface area contributed by atoms with Crippen molar-refractivity contribution in [3.8, 4) is 11.5 Å². The first kappa shape index (κ1) is 20.1. The molecule has 0 spiro atoms. The number of benzene rings is 2. The summed E-state index contributed by atoms with van der Waals surface area (Å²) in [6, 6.07) is 6.35. The summed E-state index contributed by atoms with van der Waals surface area (Å²) in [6.45, 7) is 1.60. The molecule has 0 amide bonds. The van der Waals surface area contributed by atoms with Gasteiger partial charge in [-0.25, -0.2) is 0 Å². The minimum Gasteiger partial charge on any atom is -0.481 e. The van der Waals surface area contributed by atoms with Crippen molar-refractivity contribution in [2.75, 3.05) is 5.32 Å². The van der Waals surface area contributed by atoms with E-state index in [0.717, 1.165) is 0 Å². The van der Waals surface area contributed by atoms with Crippen LogP contribution in [0, 0.1) is 10.1 Å². The molecule has 0 fully saturated rings. The van der Waals surface area contributed by atoms with Crippen molar-refractivity contribution in [2.24, 2.45) is 0 Å². The molecule has 0 saturated heterocycles. The van der Waals surface area contributed by atoms with Crippen LogP contribution in [0.25, 0.3) is 0 Å². The maximum atomic E-state index is 11.2. The fourth-order valence-electron chi connectivity index (χ4n) is 2.18. The molecule has 1 atom stereocenters. The van der Waals surface area contributed by atoms with Crippen molar-refractivity contribution in [2.45, 2.75) is 19.4 Å². The number of nitrogens with one attached hydrogen (secondary N) is 1. The van der Waals surface area contributed by atoms with Gasteiger partial charge < -0.3 is 15.2 Å². The molecule has 0 bridgehead atoms. The Morgan fingerprint density at radius 1 is 1.27 bits per heavy atom. The second-order valence-corrected chi connectivity index (χ2v) is 6.63. The molecule has 2 N–H and O–H groups in total. The molecule has 138 valence electrons. The third-order valence-corrected chi connectivity index (χ3v) is 4.01. The molecule has 0 radical (unpaired) electrons. The summed E-state index contributed by atoms with van der Waals surface area (Å²) in [5, 5.41) is 23.5. The number of hydrogen-bond donors (Lipinski definition) is 2. The predicted molar refractivity (Wildman–Crippen MR) is 100.0 cm³/mol. The Morgan fingerprint density at radius 3 is 2.42 bits per heavy atom. The molecular formula is C16H13Cl3N2O5. The van der Waals surface area contributed by atoms with Gasteiger partial charge in [-0.3, -0.25) is 14.9 Å². The van der Waals surface area contributed by atoms with E-state index in [0.29, 0.717) is 5.02 Å². The van der Waals surface area contributed by atoms with Crippen LogP contribution < -0.4 is 10.1 Å². The highest BCUT2D eigenvalue weighted by Gasteiger charge is 2.19. The van der Waals surface area contributed by atoms with E-state index in [1.165, 1.54) is 30.3 Å². The Hall–Kier alpha value is -2.22. The second kappa shape index (κ2) is 8.44. The molecular weight excluding hydrogens is 407 g/mol. The van der Waals surface area contributed by atoms with Crippen molar-refractivity contribution in [1.82, 2.24) is 0 Å². The highest BCUT2D eigenvalue weighted by Crippen LogP contribution is 2.40. The van der Waals surface area contributed by atoms with E-state index >= 15 is 0 Å². The Labute approximate surface area is 163 Å². The summed E-state index contributed by atoms with van der Waals surface area (Å²) in [6.07, 6.45) is -0.211. The quantitative estimate of drug-likeness (QED) is 0.446. The number of ether oxygens (including phenoxy) is 1. The van der Waals surface area contributed by atoms with Gasteiger partial charge in [0, 0.05) is 23.2 Å². The molecule has 0 aliphatic carbocycles. The summed E-state index contributed by atoms with van der Waals surface area (Å²) in [4.78, 5) is 21.4. The topological polar surface area (TPSA) is 102 Å². The van der Waals surface area contributed by atoms with Crippen molar-refractivity contribution in [1.29, 1.82) is 0 Å². The van der Waals surface area contributed by atoms with Gasteiger partial charge in [0.05, 0.1) is 21.4 Å². The smallest absolute Gasteiger partial charge is 0.305 e. The first-order valence-corrected chi connectivity index (χ1v) is 8.40. The molecule has 0 aliphatic heterocycles. The zero-order valence-corrected chi connectivity index (χ0v) is 15.6. The number of nitro benzene ring substituents is 1. The van der Waals surface area contributed by atoms with Crippen molar-refractivity contribution < 1.29 is 19.6 Å². The van der Waals surface area contributed by atoms with Gasteiger partial charge in [0.25, 0.3) is 5.69 Å². The van der Waals surface area contributed by atoms with Crippen LogP contribution in [0.2, 0.25) is 15.1 Å². The van der Waals surface area contributed by atoms with Gasteiger partial charge in [-0.2, -0.15) is 0 Å². The largest absolute Gasteiger partial charge is 0.481 e. The monoisotopic (exact) mass is 418 g/mol. The van der Waals surface area contributed by atoms with Crippen LogP contribution in [0.1, 0.15) is 13.3 Å². The van der Waals surface area contributed by atoms with E-state index in [1.54, 1.807) is 6.92 Å². The lowest BCUT2D eigenvalue weighted by Gasteiger charge is -2.15. The van der Waals surface area contributed by atoms with Gasteiger partial charge in [-0.15, -0.1) is 0 Å². The standard InChI is InChI=1S/C16H13Cl3N2O5/c1-8(4-15(22)23)20-13-7-10(2-3-14(13)21(24)25)26-16-11(18)5-9(17)6-12(16)19/h2-3,5-8,20H,4H2,1H3,(H,22,23). The van der Waals surface area contributed by atoms with E-state index in [9.17, 15) is 14.9 Å². The van der Waals surface area contributed by atoms with E-state index in [1.807, 2.05) is 0 Å². The number of anilines is 1. The molecule has 1 unspecified atom stereocenters. The molecule has 0 aromatic heterocycles. The van der Waals surface area contributed by atoms with Crippen LogP contribution in [0.3, 0.4) is 0 Å². The third-order valence-electron chi connectivity index (χ3n) is 3.23. The maximum absolute atomic E-state index is 11.2. The van der Waals surface area contributed by atoms with Crippen LogP contribution in [-0.2, 0) is 4.79 Å². The number of carboxylic acid groups (broad SMARTS) is 1. The summed E-state index contributed by atoms with van der Waals surface area (Å²) < 4.78 is 5.63. The van der Waals surface area contributed by atoms with E-state index in [-0.39, 0.29) is 39.3 Å². The molecule has 26 heavy (non-hydrogen) atoms. The lowest BCUT2D eigenvalue weighted by Crippen LogP contribution is -2.19. The Bertz CT molecular complexity index is 837. The van der Waals surface area contributed by atoms with Crippen LogP contribution in [0.15, 0.2) is 30.3 Å². The SMILES string of the molecule is CC(CC(=O)O)Nc1cc(Oc2c(Cl)cc(Cl)cc2Cl)ccc1[N+](=O)[O-]. The molecule has 10 heteroatoms. The average molecular weight is 420 g/mol. The molecule has 2 aromatic rings. The number of rotatable bonds is 7. The molecule has 0 heterocycles. The molecule has 7 nitrogen and oxygen atoms in total.